The van der Waals surface area contributed by atoms with Crippen LogP contribution in [0.1, 0.15) is 157 Å². The summed E-state index contributed by atoms with van der Waals surface area (Å²) < 4.78 is 0. The van der Waals surface area contributed by atoms with Crippen molar-refractivity contribution in [2.24, 2.45) is 92.7 Å². The van der Waals surface area contributed by atoms with Crippen LogP contribution in [0.2, 0.25) is 0 Å². The van der Waals surface area contributed by atoms with Gasteiger partial charge >= 0.3 is 0 Å². The van der Waals surface area contributed by atoms with E-state index in [1.807, 2.05) is 0 Å². The average Bonchev–Trinajstić information content (AvgIpc) is 3.75. The second kappa shape index (κ2) is 16.9. The Morgan fingerprint density at radius 2 is 0.917 bits per heavy atom. The van der Waals surface area contributed by atoms with Crippen LogP contribution in [0.4, 0.5) is 0 Å². The zero-order chi connectivity index (χ0) is 43.1. The summed E-state index contributed by atoms with van der Waals surface area (Å²) in [5, 5.41) is 73.9. The summed E-state index contributed by atoms with van der Waals surface area (Å²) in [5.41, 5.74) is -0.456. The summed E-state index contributed by atoms with van der Waals surface area (Å²) in [5.74, 6) is 3.13. The van der Waals surface area contributed by atoms with Crippen molar-refractivity contribution in [1.29, 1.82) is 0 Å². The average molecular weight is 841 g/mol. The molecule has 0 saturated heterocycles. The first-order chi connectivity index (χ1) is 28.3. The highest BCUT2D eigenvalue weighted by atomic mass is 16.3. The summed E-state index contributed by atoms with van der Waals surface area (Å²) in [4.78, 5) is 26.1. The lowest BCUT2D eigenvalue weighted by atomic mass is 9.43. The van der Waals surface area contributed by atoms with Gasteiger partial charge in [0.2, 0.25) is 11.8 Å². The van der Waals surface area contributed by atoms with E-state index in [9.17, 15) is 40.2 Å². The summed E-state index contributed by atoms with van der Waals surface area (Å²) >= 11 is 0. The zero-order valence-corrected chi connectivity index (χ0v) is 38.0. The van der Waals surface area contributed by atoms with Crippen LogP contribution < -0.4 is 10.6 Å². The van der Waals surface area contributed by atoms with Gasteiger partial charge in [-0.3, -0.25) is 9.59 Å². The van der Waals surface area contributed by atoms with E-state index in [1.165, 1.54) is 0 Å². The second-order valence-electron chi connectivity index (χ2n) is 23.8. The highest BCUT2D eigenvalue weighted by Gasteiger charge is 2.67. The van der Waals surface area contributed by atoms with Crippen molar-refractivity contribution < 1.29 is 40.2 Å². The number of fused-ring (bicyclic) bond motifs is 10. The van der Waals surface area contributed by atoms with Crippen molar-refractivity contribution >= 4 is 11.8 Å². The van der Waals surface area contributed by atoms with Crippen molar-refractivity contribution in [2.45, 2.75) is 194 Å². The first-order valence-electron chi connectivity index (χ1n) is 25.0. The summed E-state index contributed by atoms with van der Waals surface area (Å²) in [6.07, 6.45) is 12.2. The molecule has 10 nitrogen and oxygen atoms in total. The Morgan fingerprint density at radius 3 is 1.30 bits per heavy atom. The number of hydrogen-bond acceptors (Lipinski definition) is 8. The van der Waals surface area contributed by atoms with Crippen molar-refractivity contribution in [2.75, 3.05) is 13.1 Å². The molecule has 8 aliphatic carbocycles. The van der Waals surface area contributed by atoms with Gasteiger partial charge in [0.1, 0.15) is 0 Å². The molecule has 8 aliphatic rings. The lowest BCUT2D eigenvalue weighted by Gasteiger charge is -2.63. The van der Waals surface area contributed by atoms with E-state index in [-0.39, 0.29) is 117 Å². The lowest BCUT2D eigenvalue weighted by molar-refractivity contribution is -0.207. The third-order valence-electron chi connectivity index (χ3n) is 21.5. The fourth-order valence-corrected chi connectivity index (χ4v) is 18.0. The van der Waals surface area contributed by atoms with Crippen molar-refractivity contribution in [3.05, 3.63) is 0 Å². The van der Waals surface area contributed by atoms with E-state index in [2.05, 4.69) is 52.2 Å². The Kier molecular flexibility index (Phi) is 12.8. The lowest BCUT2D eigenvalue weighted by Crippen LogP contribution is -2.62. The molecule has 60 heavy (non-hydrogen) atoms. The number of aliphatic hydroxyl groups is 6. The minimum atomic E-state index is -0.436. The monoisotopic (exact) mass is 841 g/mol. The van der Waals surface area contributed by atoms with Crippen LogP contribution in [0.25, 0.3) is 0 Å². The Balaban J connectivity index is 0.765. The van der Waals surface area contributed by atoms with Crippen LogP contribution >= 0.6 is 0 Å². The molecule has 0 bridgehead atoms. The standard InChI is InChI=1S/C50H84N2O8/c1-27(33-9-11-35-45-37(25-41(57)49(33,35)5)47(3)17-15-31(53)21-29(47)23-39(45)55)7-13-43(59)51-19-20-52-44(60)14-8-28(2)34-10-12-36-46-38(26-42(58)50(34,36)6)48(4)18-16-32(54)22-30(48)24-40(46)56/h27-42,45-46,53-58H,7-26H2,1-6H3,(H,51,59)(H,52,60)/t27-,28-,29+,30+,31-,32-,33-,34-,35+,36+,37+,38+,39-,40-,41+,42+,45+,46+,47+,48+,49-,50-/m1/s1. The number of carbonyl (C=O) groups excluding carboxylic acids is 2. The largest absolute Gasteiger partial charge is 0.393 e. The molecular weight excluding hydrogens is 757 g/mol. The quantitative estimate of drug-likeness (QED) is 0.117. The number of nitrogens with one attached hydrogen (secondary N) is 2. The van der Waals surface area contributed by atoms with Gasteiger partial charge in [-0.15, -0.1) is 0 Å². The number of aliphatic hydroxyl groups excluding tert-OH is 6. The molecule has 0 unspecified atom stereocenters. The fourth-order valence-electron chi connectivity index (χ4n) is 18.0. The number of rotatable bonds is 11. The van der Waals surface area contributed by atoms with Crippen LogP contribution in [-0.4, -0.2) is 92.2 Å². The number of hydrogen-bond donors (Lipinski definition) is 8. The van der Waals surface area contributed by atoms with Crippen molar-refractivity contribution in [3.8, 4) is 0 Å². The fraction of sp³-hybridized carbons (Fsp3) is 0.960. The van der Waals surface area contributed by atoms with Gasteiger partial charge in [-0.1, -0.05) is 41.5 Å². The molecule has 8 saturated carbocycles. The van der Waals surface area contributed by atoms with Gasteiger partial charge in [-0.2, -0.15) is 0 Å². The topological polar surface area (TPSA) is 180 Å². The first-order valence-corrected chi connectivity index (χ1v) is 25.0. The summed E-state index contributed by atoms with van der Waals surface area (Å²) in [6.45, 7) is 14.5. The molecule has 8 N–H and O–H groups in total. The SMILES string of the molecule is C[C@H](CCC(=O)NCCNC(=O)CC[C@@H](C)[C@H]1CC[C@H]2[C@@H]3[C@H](O)C[C@@H]4C[C@H](O)CC[C@]4(C)[C@H]3C[C@H](O)[C@]12C)[C@H]1CC[C@H]2[C@@H]3[C@H](O)C[C@@H]4C[C@H](O)CC[C@]4(C)[C@H]3C[C@H](O)[C@]12C. The maximum atomic E-state index is 13.0. The molecule has 342 valence electrons. The molecule has 8 rings (SSSR count). The molecule has 0 spiro atoms. The highest BCUT2D eigenvalue weighted by molar-refractivity contribution is 5.77. The summed E-state index contributed by atoms with van der Waals surface area (Å²) in [7, 11) is 0. The van der Waals surface area contributed by atoms with E-state index >= 15 is 0 Å². The maximum Gasteiger partial charge on any atom is 0.220 e. The molecule has 2 amide bonds. The highest BCUT2D eigenvalue weighted by Crippen LogP contribution is 2.70. The van der Waals surface area contributed by atoms with Crippen LogP contribution in [0, 0.1) is 92.7 Å². The second-order valence-corrected chi connectivity index (χ2v) is 23.8. The van der Waals surface area contributed by atoms with E-state index in [0.29, 0.717) is 37.8 Å². The van der Waals surface area contributed by atoms with Gasteiger partial charge in [-0.25, -0.2) is 0 Å². The van der Waals surface area contributed by atoms with E-state index in [1.54, 1.807) is 0 Å². The van der Waals surface area contributed by atoms with Crippen molar-refractivity contribution in [3.63, 3.8) is 0 Å². The Labute approximate surface area is 361 Å². The zero-order valence-electron chi connectivity index (χ0n) is 38.0. The van der Waals surface area contributed by atoms with Gasteiger partial charge in [-0.05, 0) is 195 Å². The van der Waals surface area contributed by atoms with Crippen LogP contribution in [-0.2, 0) is 9.59 Å². The Bertz CT molecular complexity index is 1450. The van der Waals surface area contributed by atoms with Gasteiger partial charge in [0.25, 0.3) is 0 Å². The minimum Gasteiger partial charge on any atom is -0.393 e. The predicted molar refractivity (Wildman–Crippen MR) is 231 cm³/mol. The Morgan fingerprint density at radius 1 is 0.533 bits per heavy atom. The number of amides is 2. The minimum absolute atomic E-state index is 0.0131. The molecular formula is C50H84N2O8. The van der Waals surface area contributed by atoms with E-state index in [4.69, 9.17) is 0 Å². The molecule has 0 aliphatic heterocycles. The molecule has 0 radical (unpaired) electrons. The van der Waals surface area contributed by atoms with E-state index in [0.717, 1.165) is 103 Å². The third kappa shape index (κ3) is 7.45. The maximum absolute atomic E-state index is 13.0. The molecule has 10 heteroatoms. The smallest absolute Gasteiger partial charge is 0.220 e. The van der Waals surface area contributed by atoms with Crippen LogP contribution in [0.3, 0.4) is 0 Å². The first kappa shape index (κ1) is 45.3. The van der Waals surface area contributed by atoms with Gasteiger partial charge < -0.3 is 41.3 Å². The normalized spacial score (nSPS) is 51.7. The van der Waals surface area contributed by atoms with Crippen LogP contribution in [0.15, 0.2) is 0 Å². The molecule has 0 aromatic carbocycles. The van der Waals surface area contributed by atoms with Crippen molar-refractivity contribution in [1.82, 2.24) is 10.6 Å². The Hall–Kier alpha value is -1.30. The summed E-state index contributed by atoms with van der Waals surface area (Å²) in [6, 6.07) is 0. The third-order valence-corrected chi connectivity index (χ3v) is 21.5. The van der Waals surface area contributed by atoms with Gasteiger partial charge in [0.15, 0.2) is 0 Å². The molecule has 22 atom stereocenters. The molecule has 0 aromatic rings. The van der Waals surface area contributed by atoms with Gasteiger partial charge in [0, 0.05) is 25.9 Å². The predicted octanol–water partition coefficient (Wildman–Crippen LogP) is 5.97. The van der Waals surface area contributed by atoms with E-state index < -0.39 is 12.2 Å². The molecule has 0 aromatic heterocycles. The van der Waals surface area contributed by atoms with Gasteiger partial charge in [0.05, 0.1) is 36.6 Å². The van der Waals surface area contributed by atoms with Crippen LogP contribution in [0.5, 0.6) is 0 Å². The number of carbonyl (C=O) groups is 2. The molecule has 0 heterocycles. The molecule has 8 fully saturated rings.